The summed E-state index contributed by atoms with van der Waals surface area (Å²) in [5, 5.41) is 10.1. The highest BCUT2D eigenvalue weighted by Gasteiger charge is 2.38. The number of anilines is 2. The van der Waals surface area contributed by atoms with E-state index < -0.39 is 5.60 Å². The second kappa shape index (κ2) is 6.12. The lowest BCUT2D eigenvalue weighted by Crippen LogP contribution is -2.37. The van der Waals surface area contributed by atoms with Crippen molar-refractivity contribution in [3.8, 4) is 5.75 Å². The zero-order chi connectivity index (χ0) is 15.7. The molecule has 1 unspecified atom stereocenters. The molecule has 2 N–H and O–H groups in total. The average molecular weight is 329 g/mol. The van der Waals surface area contributed by atoms with Gasteiger partial charge in [0.1, 0.15) is 16.4 Å². The maximum Gasteiger partial charge on any atom is 0.144 e. The number of halogens is 1. The molecule has 2 aliphatic heterocycles. The molecule has 2 heterocycles. The fraction of sp³-hybridized carbons (Fsp3) is 0.600. The second-order valence-corrected chi connectivity index (χ2v) is 6.25. The Labute approximate surface area is 134 Å². The van der Waals surface area contributed by atoms with Crippen LogP contribution in [-0.4, -0.2) is 50.7 Å². The van der Waals surface area contributed by atoms with E-state index in [1.165, 1.54) is 0 Å². The lowest BCUT2D eigenvalue weighted by atomic mass is 9.99. The molecular formula is C15H21ClN2O4. The number of ether oxygens (including phenoxy) is 2. The van der Waals surface area contributed by atoms with Gasteiger partial charge in [0.05, 0.1) is 38.3 Å². The van der Waals surface area contributed by atoms with Crippen molar-refractivity contribution in [2.75, 3.05) is 50.4 Å². The molecule has 0 saturated carbocycles. The summed E-state index contributed by atoms with van der Waals surface area (Å²) in [7, 11) is 1.57. The van der Waals surface area contributed by atoms with Crippen LogP contribution in [-0.2, 0) is 16.0 Å². The second-order valence-electron chi connectivity index (χ2n) is 5.87. The van der Waals surface area contributed by atoms with Gasteiger partial charge >= 0.3 is 0 Å². The van der Waals surface area contributed by atoms with E-state index in [0.29, 0.717) is 30.4 Å². The standard InChI is InChI=1S/C15H21ClN2O4/c1-15(9-19)8-10-7-11(17-20-2)13(12(16)14(10)22-15)18-3-5-21-6-4-18/h7,17,19H,3-6,8-9H2,1-2H3. The van der Waals surface area contributed by atoms with Crippen molar-refractivity contribution in [1.29, 1.82) is 0 Å². The van der Waals surface area contributed by atoms with Gasteiger partial charge in [0, 0.05) is 25.1 Å². The first-order valence-corrected chi connectivity index (χ1v) is 7.73. The molecule has 22 heavy (non-hydrogen) atoms. The lowest BCUT2D eigenvalue weighted by molar-refractivity contribution is 0.0447. The maximum absolute atomic E-state index is 9.54. The Hall–Kier alpha value is -1.21. The van der Waals surface area contributed by atoms with Gasteiger partial charge in [0.25, 0.3) is 0 Å². The Morgan fingerprint density at radius 2 is 2.18 bits per heavy atom. The molecule has 122 valence electrons. The Bertz CT molecular complexity index is 563. The molecule has 1 fully saturated rings. The van der Waals surface area contributed by atoms with Crippen LogP contribution in [0.3, 0.4) is 0 Å². The number of rotatable bonds is 4. The molecule has 0 bridgehead atoms. The molecule has 0 amide bonds. The normalized spacial score (nSPS) is 24.1. The van der Waals surface area contributed by atoms with Crippen LogP contribution in [0.25, 0.3) is 0 Å². The predicted molar refractivity (Wildman–Crippen MR) is 84.9 cm³/mol. The number of hydrogen-bond acceptors (Lipinski definition) is 6. The summed E-state index contributed by atoms with van der Waals surface area (Å²) in [6, 6.07) is 1.98. The van der Waals surface area contributed by atoms with Gasteiger partial charge in [-0.3, -0.25) is 10.3 Å². The zero-order valence-electron chi connectivity index (χ0n) is 12.8. The van der Waals surface area contributed by atoms with E-state index in [0.717, 1.165) is 30.0 Å². The number of nitrogens with one attached hydrogen (secondary N) is 1. The molecule has 3 rings (SSSR count). The van der Waals surface area contributed by atoms with Crippen LogP contribution in [0.4, 0.5) is 11.4 Å². The number of morpholine rings is 1. The van der Waals surface area contributed by atoms with E-state index in [-0.39, 0.29) is 6.61 Å². The van der Waals surface area contributed by atoms with Crippen LogP contribution in [0, 0.1) is 0 Å². The molecule has 1 aromatic carbocycles. The Morgan fingerprint density at radius 3 is 2.82 bits per heavy atom. The van der Waals surface area contributed by atoms with E-state index in [2.05, 4.69) is 10.4 Å². The highest BCUT2D eigenvalue weighted by Crippen LogP contribution is 2.48. The minimum absolute atomic E-state index is 0.0576. The summed E-state index contributed by atoms with van der Waals surface area (Å²) >= 11 is 6.63. The molecule has 2 aliphatic rings. The van der Waals surface area contributed by atoms with E-state index >= 15 is 0 Å². The zero-order valence-corrected chi connectivity index (χ0v) is 13.6. The van der Waals surface area contributed by atoms with Gasteiger partial charge in [-0.25, -0.2) is 0 Å². The van der Waals surface area contributed by atoms with Gasteiger partial charge in [-0.1, -0.05) is 11.6 Å². The van der Waals surface area contributed by atoms with E-state index in [9.17, 15) is 5.11 Å². The minimum Gasteiger partial charge on any atom is -0.483 e. The van der Waals surface area contributed by atoms with Gasteiger partial charge in [-0.15, -0.1) is 0 Å². The number of hydrogen-bond donors (Lipinski definition) is 2. The van der Waals surface area contributed by atoms with Crippen LogP contribution in [0.5, 0.6) is 5.75 Å². The third kappa shape index (κ3) is 2.72. The van der Waals surface area contributed by atoms with Crippen molar-refractivity contribution in [2.24, 2.45) is 0 Å². The molecule has 0 aliphatic carbocycles. The van der Waals surface area contributed by atoms with Gasteiger partial charge in [-0.2, -0.15) is 0 Å². The molecule has 0 spiro atoms. The van der Waals surface area contributed by atoms with Gasteiger partial charge in [0.2, 0.25) is 0 Å². The summed E-state index contributed by atoms with van der Waals surface area (Å²) < 4.78 is 11.3. The highest BCUT2D eigenvalue weighted by molar-refractivity contribution is 6.35. The monoisotopic (exact) mass is 328 g/mol. The SMILES string of the molecule is CONc1cc2c(c(Cl)c1N1CCOCC1)OC(C)(CO)C2. The number of aliphatic hydroxyl groups is 1. The Balaban J connectivity index is 2.04. The van der Waals surface area contributed by atoms with E-state index in [4.69, 9.17) is 25.9 Å². The van der Waals surface area contributed by atoms with Crippen molar-refractivity contribution in [1.82, 2.24) is 0 Å². The molecule has 1 saturated heterocycles. The van der Waals surface area contributed by atoms with Crippen LogP contribution in [0.2, 0.25) is 5.02 Å². The Morgan fingerprint density at radius 1 is 1.45 bits per heavy atom. The van der Waals surface area contributed by atoms with E-state index in [1.54, 1.807) is 7.11 Å². The average Bonchev–Trinajstić information content (AvgIpc) is 2.87. The molecular weight excluding hydrogens is 308 g/mol. The summed E-state index contributed by atoms with van der Waals surface area (Å²) in [6.07, 6.45) is 0.611. The molecule has 0 aromatic heterocycles. The fourth-order valence-electron chi connectivity index (χ4n) is 2.97. The predicted octanol–water partition coefficient (Wildman–Crippen LogP) is 1.84. The third-order valence-corrected chi connectivity index (χ3v) is 4.41. The summed E-state index contributed by atoms with van der Waals surface area (Å²) in [4.78, 5) is 7.25. The number of nitrogens with zero attached hydrogens (tertiary/aromatic N) is 1. The van der Waals surface area contributed by atoms with Gasteiger partial charge in [-0.05, 0) is 13.0 Å². The van der Waals surface area contributed by atoms with Gasteiger partial charge in [0.15, 0.2) is 0 Å². The van der Waals surface area contributed by atoms with Crippen LogP contribution < -0.4 is 15.1 Å². The maximum atomic E-state index is 9.54. The number of aliphatic hydroxyl groups excluding tert-OH is 1. The highest BCUT2D eigenvalue weighted by atomic mass is 35.5. The van der Waals surface area contributed by atoms with Crippen molar-refractivity contribution < 1.29 is 19.4 Å². The first-order valence-electron chi connectivity index (χ1n) is 7.35. The van der Waals surface area contributed by atoms with Gasteiger partial charge < -0.3 is 19.5 Å². The summed E-state index contributed by atoms with van der Waals surface area (Å²) in [5.41, 5.74) is 4.91. The summed E-state index contributed by atoms with van der Waals surface area (Å²) in [6.45, 7) is 4.66. The van der Waals surface area contributed by atoms with Crippen molar-refractivity contribution >= 4 is 23.0 Å². The first-order chi connectivity index (χ1) is 10.6. The van der Waals surface area contributed by atoms with Crippen LogP contribution in [0.1, 0.15) is 12.5 Å². The Kier molecular flexibility index (Phi) is 4.36. The van der Waals surface area contributed by atoms with Crippen molar-refractivity contribution in [2.45, 2.75) is 18.9 Å². The largest absolute Gasteiger partial charge is 0.483 e. The fourth-order valence-corrected chi connectivity index (χ4v) is 3.36. The molecule has 7 heteroatoms. The molecule has 1 aromatic rings. The number of benzene rings is 1. The smallest absolute Gasteiger partial charge is 0.144 e. The van der Waals surface area contributed by atoms with Crippen molar-refractivity contribution in [3.63, 3.8) is 0 Å². The van der Waals surface area contributed by atoms with E-state index in [1.807, 2.05) is 13.0 Å². The van der Waals surface area contributed by atoms with Crippen LogP contribution >= 0.6 is 11.6 Å². The van der Waals surface area contributed by atoms with Crippen molar-refractivity contribution in [3.05, 3.63) is 16.7 Å². The quantitative estimate of drug-likeness (QED) is 0.822. The molecule has 1 atom stereocenters. The van der Waals surface area contributed by atoms with Crippen LogP contribution in [0.15, 0.2) is 6.07 Å². The topological polar surface area (TPSA) is 63.2 Å². The lowest BCUT2D eigenvalue weighted by Gasteiger charge is -2.31. The molecule has 6 nitrogen and oxygen atoms in total. The first kappa shape index (κ1) is 15.7. The third-order valence-electron chi connectivity index (χ3n) is 4.06. The minimum atomic E-state index is -0.625. The summed E-state index contributed by atoms with van der Waals surface area (Å²) in [5.74, 6) is 0.654. The number of fused-ring (bicyclic) bond motifs is 1. The molecule has 0 radical (unpaired) electrons.